The molecule has 2 aromatic rings. The highest BCUT2D eigenvalue weighted by molar-refractivity contribution is 5.92. The van der Waals surface area contributed by atoms with Crippen LogP contribution in [0.3, 0.4) is 0 Å². The van der Waals surface area contributed by atoms with Gasteiger partial charge in [0.15, 0.2) is 11.5 Å². The highest BCUT2D eigenvalue weighted by Gasteiger charge is 2.14. The highest BCUT2D eigenvalue weighted by atomic mass is 16.5. The van der Waals surface area contributed by atoms with Gasteiger partial charge in [-0.1, -0.05) is 24.3 Å². The molecule has 0 aromatic heterocycles. The van der Waals surface area contributed by atoms with E-state index in [1.807, 2.05) is 37.3 Å². The Morgan fingerprint density at radius 1 is 1.00 bits per heavy atom. The molecule has 5 nitrogen and oxygen atoms in total. The van der Waals surface area contributed by atoms with E-state index < -0.39 is 0 Å². The van der Waals surface area contributed by atoms with Crippen LogP contribution in [-0.4, -0.2) is 27.2 Å². The molecule has 132 valence electrons. The molecule has 0 aliphatic carbocycles. The molecule has 0 saturated heterocycles. The smallest absolute Gasteiger partial charge is 0.244 e. The van der Waals surface area contributed by atoms with Crippen LogP contribution in [0.5, 0.6) is 17.2 Å². The Morgan fingerprint density at radius 2 is 1.72 bits per heavy atom. The van der Waals surface area contributed by atoms with Crippen LogP contribution in [0.15, 0.2) is 42.5 Å². The van der Waals surface area contributed by atoms with E-state index in [4.69, 9.17) is 14.2 Å². The number of carbonyl (C=O) groups is 1. The van der Waals surface area contributed by atoms with Crippen LogP contribution < -0.4 is 19.5 Å². The van der Waals surface area contributed by atoms with E-state index in [0.717, 1.165) is 16.7 Å². The molecule has 2 aromatic carbocycles. The molecule has 0 heterocycles. The minimum Gasteiger partial charge on any atom is -0.493 e. The molecule has 0 fully saturated rings. The average molecular weight is 341 g/mol. The van der Waals surface area contributed by atoms with Crippen molar-refractivity contribution in [3.63, 3.8) is 0 Å². The van der Waals surface area contributed by atoms with Crippen LogP contribution in [0.2, 0.25) is 0 Å². The Balaban J connectivity index is 2.10. The zero-order chi connectivity index (χ0) is 18.2. The van der Waals surface area contributed by atoms with Gasteiger partial charge in [0.1, 0.15) is 0 Å². The maximum Gasteiger partial charge on any atom is 0.244 e. The summed E-state index contributed by atoms with van der Waals surface area (Å²) in [5.41, 5.74) is 2.97. The molecule has 1 N–H and O–H groups in total. The van der Waals surface area contributed by atoms with Gasteiger partial charge < -0.3 is 19.5 Å². The van der Waals surface area contributed by atoms with Crippen LogP contribution in [-0.2, 0) is 11.3 Å². The van der Waals surface area contributed by atoms with E-state index in [2.05, 4.69) is 5.32 Å². The number of amides is 1. The van der Waals surface area contributed by atoms with Gasteiger partial charge in [-0.05, 0) is 36.3 Å². The Hall–Kier alpha value is -2.95. The van der Waals surface area contributed by atoms with Crippen molar-refractivity contribution < 1.29 is 19.0 Å². The summed E-state index contributed by atoms with van der Waals surface area (Å²) >= 11 is 0. The predicted molar refractivity (Wildman–Crippen MR) is 98.2 cm³/mol. The fraction of sp³-hybridized carbons (Fsp3) is 0.250. The van der Waals surface area contributed by atoms with E-state index in [1.54, 1.807) is 33.5 Å². The van der Waals surface area contributed by atoms with Gasteiger partial charge in [0, 0.05) is 18.2 Å². The fourth-order valence-corrected chi connectivity index (χ4v) is 2.47. The second kappa shape index (κ2) is 8.78. The lowest BCUT2D eigenvalue weighted by Gasteiger charge is -2.14. The number of benzene rings is 2. The van der Waals surface area contributed by atoms with Crippen molar-refractivity contribution in [2.45, 2.75) is 13.5 Å². The largest absolute Gasteiger partial charge is 0.493 e. The first-order chi connectivity index (χ1) is 12.1. The number of aryl methyl sites for hydroxylation is 1. The van der Waals surface area contributed by atoms with Crippen LogP contribution in [0, 0.1) is 6.92 Å². The van der Waals surface area contributed by atoms with Crippen molar-refractivity contribution in [3.8, 4) is 17.2 Å². The first-order valence-electron chi connectivity index (χ1n) is 7.90. The predicted octanol–water partition coefficient (Wildman–Crippen LogP) is 3.35. The first-order valence-corrected chi connectivity index (χ1v) is 7.90. The minimum absolute atomic E-state index is 0.180. The number of hydrogen-bond donors (Lipinski definition) is 1. The lowest BCUT2D eigenvalue weighted by Crippen LogP contribution is -2.20. The maximum absolute atomic E-state index is 12.1. The first kappa shape index (κ1) is 18.4. The van der Waals surface area contributed by atoms with Crippen molar-refractivity contribution in [1.82, 2.24) is 5.32 Å². The van der Waals surface area contributed by atoms with Gasteiger partial charge in [-0.15, -0.1) is 0 Å². The molecule has 5 heteroatoms. The summed E-state index contributed by atoms with van der Waals surface area (Å²) in [5, 5.41) is 2.88. The molecule has 0 atom stereocenters. The third-order valence-corrected chi connectivity index (χ3v) is 3.86. The third-order valence-electron chi connectivity index (χ3n) is 3.86. The van der Waals surface area contributed by atoms with Gasteiger partial charge in [-0.2, -0.15) is 0 Å². The molecule has 2 rings (SSSR count). The van der Waals surface area contributed by atoms with Gasteiger partial charge in [0.05, 0.1) is 21.3 Å². The second-order valence-corrected chi connectivity index (χ2v) is 5.40. The Kier molecular flexibility index (Phi) is 6.46. The van der Waals surface area contributed by atoms with Gasteiger partial charge in [0.2, 0.25) is 11.7 Å². The number of rotatable bonds is 7. The van der Waals surface area contributed by atoms with Gasteiger partial charge in [-0.3, -0.25) is 4.79 Å². The van der Waals surface area contributed by atoms with Gasteiger partial charge >= 0.3 is 0 Å². The van der Waals surface area contributed by atoms with Gasteiger partial charge in [0.25, 0.3) is 0 Å². The maximum atomic E-state index is 12.1. The lowest BCUT2D eigenvalue weighted by atomic mass is 10.1. The monoisotopic (exact) mass is 341 g/mol. The van der Waals surface area contributed by atoms with Crippen molar-refractivity contribution >= 4 is 12.0 Å². The van der Waals surface area contributed by atoms with E-state index >= 15 is 0 Å². The van der Waals surface area contributed by atoms with Crippen LogP contribution in [0.1, 0.15) is 16.7 Å². The Labute approximate surface area is 148 Å². The van der Waals surface area contributed by atoms with E-state index in [-0.39, 0.29) is 5.91 Å². The summed E-state index contributed by atoms with van der Waals surface area (Å²) in [4.78, 5) is 12.1. The van der Waals surface area contributed by atoms with Crippen LogP contribution in [0.4, 0.5) is 0 Å². The van der Waals surface area contributed by atoms with E-state index in [0.29, 0.717) is 23.8 Å². The Morgan fingerprint density at radius 3 is 2.36 bits per heavy atom. The van der Waals surface area contributed by atoms with Crippen molar-refractivity contribution in [2.75, 3.05) is 21.3 Å². The lowest BCUT2D eigenvalue weighted by molar-refractivity contribution is -0.116. The number of hydrogen-bond acceptors (Lipinski definition) is 4. The molecule has 0 saturated carbocycles. The summed E-state index contributed by atoms with van der Waals surface area (Å²) in [6.07, 6.45) is 3.16. The summed E-state index contributed by atoms with van der Waals surface area (Å²) in [5.74, 6) is 1.40. The van der Waals surface area contributed by atoms with E-state index in [9.17, 15) is 4.79 Å². The van der Waals surface area contributed by atoms with Crippen molar-refractivity contribution in [3.05, 3.63) is 59.2 Å². The summed E-state index contributed by atoms with van der Waals surface area (Å²) in [6, 6.07) is 11.5. The molecule has 0 aliphatic heterocycles. The zero-order valence-corrected chi connectivity index (χ0v) is 15.0. The quantitative estimate of drug-likeness (QED) is 0.785. The molecule has 0 radical (unpaired) electrons. The van der Waals surface area contributed by atoms with Gasteiger partial charge in [-0.25, -0.2) is 0 Å². The number of ether oxygens (including phenoxy) is 3. The molecule has 0 spiro atoms. The summed E-state index contributed by atoms with van der Waals surface area (Å²) in [7, 11) is 4.65. The standard InChI is InChI=1S/C20H23NO4/c1-14-7-5-6-8-16(14)13-21-18(22)12-10-15-9-11-17(23-2)20(25-4)19(15)24-3/h5-12H,13H2,1-4H3,(H,21,22). The molecule has 0 bridgehead atoms. The molecule has 25 heavy (non-hydrogen) atoms. The van der Waals surface area contributed by atoms with Crippen molar-refractivity contribution in [2.24, 2.45) is 0 Å². The average Bonchev–Trinajstić information content (AvgIpc) is 2.64. The zero-order valence-electron chi connectivity index (χ0n) is 15.0. The topological polar surface area (TPSA) is 56.8 Å². The fourth-order valence-electron chi connectivity index (χ4n) is 2.47. The van der Waals surface area contributed by atoms with Crippen molar-refractivity contribution in [1.29, 1.82) is 0 Å². The summed E-state index contributed by atoms with van der Waals surface area (Å²) in [6.45, 7) is 2.50. The molecule has 0 aliphatic rings. The minimum atomic E-state index is -0.180. The molecular weight excluding hydrogens is 318 g/mol. The Bertz CT molecular complexity index is 768. The third kappa shape index (κ3) is 4.53. The highest BCUT2D eigenvalue weighted by Crippen LogP contribution is 2.40. The van der Waals surface area contributed by atoms with Crippen LogP contribution >= 0.6 is 0 Å². The number of carbonyl (C=O) groups excluding carboxylic acids is 1. The normalized spacial score (nSPS) is 10.6. The van der Waals surface area contributed by atoms with E-state index in [1.165, 1.54) is 6.08 Å². The molecule has 0 unspecified atom stereocenters. The molecule has 1 amide bonds. The number of methoxy groups -OCH3 is 3. The molecular formula is C20H23NO4. The summed E-state index contributed by atoms with van der Waals surface area (Å²) < 4.78 is 16.0. The number of nitrogens with one attached hydrogen (secondary N) is 1. The second-order valence-electron chi connectivity index (χ2n) is 5.40. The van der Waals surface area contributed by atoms with Crippen LogP contribution in [0.25, 0.3) is 6.08 Å². The SMILES string of the molecule is COc1ccc(C=CC(=O)NCc2ccccc2C)c(OC)c1OC.